The molecular weight excluding hydrogens is 956 g/mol. The van der Waals surface area contributed by atoms with E-state index in [1.807, 2.05) is 6.20 Å². The summed E-state index contributed by atoms with van der Waals surface area (Å²) < 4.78 is 45.7. The van der Waals surface area contributed by atoms with Crippen LogP contribution in [0.4, 0.5) is 13.2 Å². The van der Waals surface area contributed by atoms with Crippen molar-refractivity contribution >= 4 is 23.8 Å². The molecule has 1 aromatic rings. The van der Waals surface area contributed by atoms with Crippen LogP contribution >= 0.6 is 0 Å². The lowest BCUT2D eigenvalue weighted by Gasteiger charge is -2.58. The summed E-state index contributed by atoms with van der Waals surface area (Å²) in [6.45, 7) is 15.6. The first-order valence-corrected chi connectivity index (χ1v) is 28.3. The molecule has 3 saturated carbocycles. The number of ether oxygens (including phenoxy) is 2. The van der Waals surface area contributed by atoms with Crippen molar-refractivity contribution in [2.75, 3.05) is 32.8 Å². The summed E-state index contributed by atoms with van der Waals surface area (Å²) in [6.07, 6.45) is 22.5. The van der Waals surface area contributed by atoms with Crippen LogP contribution < -0.4 is 33.6 Å². The number of hydrogen-bond acceptors (Lipinski definition) is 12. The van der Waals surface area contributed by atoms with E-state index < -0.39 is 36.2 Å². The molecule has 11 atom stereocenters. The summed E-state index contributed by atoms with van der Waals surface area (Å²) in [4.78, 5) is 47.4. The number of nitrogens with one attached hydrogen (secondary N) is 2. The van der Waals surface area contributed by atoms with Gasteiger partial charge in [-0.3, -0.25) is 14.3 Å². The van der Waals surface area contributed by atoms with Crippen LogP contribution in [0, 0.1) is 46.3 Å². The normalized spacial score (nSPS) is 26.0. The van der Waals surface area contributed by atoms with E-state index in [0.29, 0.717) is 81.6 Å². The Hall–Kier alpha value is -3.65. The van der Waals surface area contributed by atoms with E-state index in [-0.39, 0.29) is 18.4 Å². The number of aromatic nitrogens is 3. The molecule has 2 amide bonds. The lowest BCUT2D eigenvalue weighted by atomic mass is 9.47. The van der Waals surface area contributed by atoms with Crippen molar-refractivity contribution in [3.63, 3.8) is 0 Å². The Balaban J connectivity index is 0.00000158. The molecule has 0 saturated heterocycles. The summed E-state index contributed by atoms with van der Waals surface area (Å²) in [5.74, 6) is 1.29. The van der Waals surface area contributed by atoms with Crippen molar-refractivity contribution < 1.29 is 46.9 Å². The highest BCUT2D eigenvalue weighted by atomic mass is 19.4. The van der Waals surface area contributed by atoms with Crippen LogP contribution in [0.25, 0.3) is 0 Å². The summed E-state index contributed by atoms with van der Waals surface area (Å²) >= 11 is 0. The van der Waals surface area contributed by atoms with Gasteiger partial charge in [-0.2, -0.15) is 13.2 Å². The number of rotatable bonds is 31. The third-order valence-corrected chi connectivity index (χ3v) is 17.2. The maximum atomic E-state index is 13.2. The van der Waals surface area contributed by atoms with Crippen LogP contribution in [0.2, 0.25) is 0 Å². The number of nitrogens with two attached hydrogens (primary N) is 4. The highest BCUT2D eigenvalue weighted by Gasteiger charge is 2.59. The van der Waals surface area contributed by atoms with E-state index in [9.17, 15) is 27.6 Å². The molecule has 0 radical (unpaired) electrons. The molecule has 0 aliphatic heterocycles. The zero-order chi connectivity index (χ0) is 54.5. The molecule has 19 heteroatoms. The smallest absolute Gasteiger partial charge is 0.475 e. The van der Waals surface area contributed by atoms with E-state index in [2.05, 4.69) is 61.6 Å². The second-order valence-electron chi connectivity index (χ2n) is 23.1. The molecule has 1 heterocycles. The van der Waals surface area contributed by atoms with Gasteiger partial charge >= 0.3 is 18.1 Å². The number of fused-ring (bicyclic) bond motifs is 5. The Kier molecular flexibility index (Phi) is 26.3. The zero-order valence-corrected chi connectivity index (χ0v) is 45.6. The molecule has 4 aliphatic rings. The molecule has 11 N–H and O–H groups in total. The Labute approximate surface area is 439 Å². The van der Waals surface area contributed by atoms with Gasteiger partial charge in [0.2, 0.25) is 11.8 Å². The van der Waals surface area contributed by atoms with Gasteiger partial charge in [-0.25, -0.2) is 9.59 Å². The van der Waals surface area contributed by atoms with Crippen molar-refractivity contribution in [2.24, 2.45) is 69.3 Å². The number of aliphatic carboxylic acids is 1. The quantitative estimate of drug-likeness (QED) is 0.0212. The number of alkyl halides is 3. The molecule has 5 rings (SSSR count). The molecule has 0 aromatic carbocycles. The number of esters is 1. The number of allylic oxidation sites excluding steroid dienone is 1. The van der Waals surface area contributed by atoms with Crippen LogP contribution in [0.1, 0.15) is 182 Å². The van der Waals surface area contributed by atoms with E-state index in [4.69, 9.17) is 42.3 Å². The molecule has 0 bridgehead atoms. The van der Waals surface area contributed by atoms with E-state index in [1.54, 1.807) is 10.3 Å². The van der Waals surface area contributed by atoms with Crippen LogP contribution in [0.3, 0.4) is 0 Å². The Bertz CT molecular complexity index is 1900. The number of carboxylic acids is 1. The van der Waals surface area contributed by atoms with E-state index in [0.717, 1.165) is 99.2 Å². The summed E-state index contributed by atoms with van der Waals surface area (Å²) in [5.41, 5.74) is 26.7. The summed E-state index contributed by atoms with van der Waals surface area (Å²) in [7, 11) is 0. The number of carboxylic acid groups (broad SMARTS) is 1. The Morgan fingerprint density at radius 3 is 2.16 bits per heavy atom. The Morgan fingerprint density at radius 1 is 0.824 bits per heavy atom. The first kappa shape index (κ1) is 62.9. The van der Waals surface area contributed by atoms with Crippen molar-refractivity contribution in [3.05, 3.63) is 23.5 Å². The molecular formula is C55H96F3N9O7. The van der Waals surface area contributed by atoms with Gasteiger partial charge in [0.05, 0.1) is 30.5 Å². The molecule has 4 aliphatic carbocycles. The summed E-state index contributed by atoms with van der Waals surface area (Å²) in [6, 6.07) is -2.16. The van der Waals surface area contributed by atoms with Crippen molar-refractivity contribution in [3.8, 4) is 0 Å². The fourth-order valence-electron chi connectivity index (χ4n) is 13.0. The number of aryl methyl sites for hydroxylation is 2. The van der Waals surface area contributed by atoms with Crippen molar-refractivity contribution in [1.29, 1.82) is 0 Å². The lowest BCUT2D eigenvalue weighted by molar-refractivity contribution is -0.192. The second kappa shape index (κ2) is 30.9. The van der Waals surface area contributed by atoms with Crippen LogP contribution in [-0.4, -0.2) is 107 Å². The molecule has 74 heavy (non-hydrogen) atoms. The standard InChI is InChI=1S/C53H95N9O5.C2HF3O2/c1-37(2)15-12-16-38(3)43-23-24-44-42-22-21-39-35-41(25-27-52(39,4)45(42)26-28-53(43,44)5)66-33-13-17-40-36-62(61-60-40)32-14-34-67-51(65)48(59-50(64)47(57)19-7-10-30-55)20-8-11-31-58-49(63)46(56)18-6-9-29-54;3-2(4,5)1(6)7/h21,36-38,41-48H,6-20,22-35,54-57H2,1-5H3,(H,58,63)(H,59,64);(H,6,7)/t38?,41-,42?,43?,44?,45?,46?,47?,48?,52-,53+;/m0./s1. The third-order valence-electron chi connectivity index (χ3n) is 17.2. The number of nitrogens with zero attached hydrogens (tertiary/aromatic N) is 3. The maximum absolute atomic E-state index is 13.2. The monoisotopic (exact) mass is 1050 g/mol. The fourth-order valence-corrected chi connectivity index (χ4v) is 13.0. The second-order valence-corrected chi connectivity index (χ2v) is 23.1. The number of carbonyl (C=O) groups is 4. The Morgan fingerprint density at radius 2 is 1.50 bits per heavy atom. The first-order chi connectivity index (χ1) is 35.1. The van der Waals surface area contributed by atoms with Crippen molar-refractivity contribution in [1.82, 2.24) is 25.6 Å². The number of unbranched alkanes of at least 4 members (excludes halogenated alkanes) is 3. The molecule has 16 nitrogen and oxygen atoms in total. The number of amides is 2. The maximum Gasteiger partial charge on any atom is 0.490 e. The van der Waals surface area contributed by atoms with Gasteiger partial charge in [-0.05, 0) is 169 Å². The minimum Gasteiger partial charge on any atom is -0.475 e. The van der Waals surface area contributed by atoms with Gasteiger partial charge in [0.25, 0.3) is 0 Å². The average molecular weight is 1050 g/mol. The topological polar surface area (TPSA) is 266 Å². The zero-order valence-electron chi connectivity index (χ0n) is 45.6. The molecule has 0 spiro atoms. The van der Waals surface area contributed by atoms with E-state index in [1.165, 1.54) is 57.8 Å². The van der Waals surface area contributed by atoms with Crippen LogP contribution in [-0.2, 0) is 41.6 Å². The number of halogens is 3. The van der Waals surface area contributed by atoms with Crippen LogP contribution in [0.5, 0.6) is 0 Å². The van der Waals surface area contributed by atoms with Gasteiger partial charge in [-0.15, -0.1) is 5.10 Å². The lowest BCUT2D eigenvalue weighted by Crippen LogP contribution is -2.51. The van der Waals surface area contributed by atoms with Gasteiger partial charge < -0.3 is 48.1 Å². The highest BCUT2D eigenvalue weighted by Crippen LogP contribution is 2.67. The van der Waals surface area contributed by atoms with Gasteiger partial charge in [0, 0.05) is 32.3 Å². The van der Waals surface area contributed by atoms with E-state index >= 15 is 0 Å². The van der Waals surface area contributed by atoms with Crippen molar-refractivity contribution in [2.45, 2.75) is 219 Å². The van der Waals surface area contributed by atoms with Gasteiger partial charge in [0.15, 0.2) is 0 Å². The highest BCUT2D eigenvalue weighted by molar-refractivity contribution is 5.87. The van der Waals surface area contributed by atoms with Gasteiger partial charge in [0.1, 0.15) is 6.04 Å². The summed E-state index contributed by atoms with van der Waals surface area (Å²) in [5, 5.41) is 21.5. The minimum atomic E-state index is -5.08. The average Bonchev–Trinajstić information content (AvgIpc) is 3.97. The van der Waals surface area contributed by atoms with Gasteiger partial charge in [-0.1, -0.05) is 83.6 Å². The SMILES string of the molecule is CC(C)CCCC(C)C1CCC2C3CC=C4C[C@@H](OCCCc5cn(CCCOC(=O)C(CCCCNC(=O)C(N)CCCCN)NC(=O)C(N)CCCCN)nn5)CC[C@]4(C)C3CC[C@]12C.O=C(O)C(F)(F)F. The largest absolute Gasteiger partial charge is 0.490 e. The fraction of sp³-hybridized carbons (Fsp3) is 0.855. The predicted molar refractivity (Wildman–Crippen MR) is 281 cm³/mol. The van der Waals surface area contributed by atoms with Crippen LogP contribution in [0.15, 0.2) is 17.8 Å². The molecule has 1 aromatic heterocycles. The minimum absolute atomic E-state index is 0.172. The number of carbonyl (C=O) groups excluding carboxylic acids is 3. The predicted octanol–water partition coefficient (Wildman–Crippen LogP) is 7.89. The molecule has 424 valence electrons. The number of hydrogen-bond donors (Lipinski definition) is 7. The first-order valence-electron chi connectivity index (χ1n) is 28.3. The molecule has 8 unspecified atom stereocenters. The third kappa shape index (κ3) is 19.1. The molecule has 3 fully saturated rings.